The van der Waals surface area contributed by atoms with E-state index in [1.54, 1.807) is 0 Å². The zero-order valence-corrected chi connectivity index (χ0v) is 27.1. The van der Waals surface area contributed by atoms with Crippen LogP contribution in [0.25, 0.3) is 100 Å². The van der Waals surface area contributed by atoms with E-state index in [1.807, 2.05) is 78.9 Å². The van der Waals surface area contributed by atoms with Gasteiger partial charge in [-0.05, 0) is 23.6 Å². The maximum Gasteiger partial charge on any atom is 0.307 e. The van der Waals surface area contributed by atoms with Crippen LogP contribution >= 0.6 is 0 Å². The molecule has 0 saturated heterocycles. The molecule has 0 unspecified atom stereocenters. The molecule has 0 aliphatic carbocycles. The molecule has 0 bridgehead atoms. The minimum Gasteiger partial charge on any atom is -0.423 e. The van der Waals surface area contributed by atoms with Crippen LogP contribution in [-0.2, 0) is 0 Å². The van der Waals surface area contributed by atoms with Crippen LogP contribution in [0.5, 0.6) is 0 Å². The van der Waals surface area contributed by atoms with Crippen LogP contribution in [0.4, 0.5) is 0 Å². The van der Waals surface area contributed by atoms with Gasteiger partial charge < -0.3 is 4.42 Å². The quantitative estimate of drug-likeness (QED) is 0.189. The van der Waals surface area contributed by atoms with Crippen molar-refractivity contribution in [2.24, 2.45) is 0 Å². The summed E-state index contributed by atoms with van der Waals surface area (Å²) in [5, 5.41) is 6.52. The van der Waals surface area contributed by atoms with Gasteiger partial charge >= 0.3 is 6.01 Å². The average Bonchev–Trinajstić information content (AvgIpc) is 3.89. The van der Waals surface area contributed by atoms with E-state index in [-0.39, 0.29) is 0 Å². The molecule has 0 atom stereocenters. The summed E-state index contributed by atoms with van der Waals surface area (Å²) in [5.74, 6) is 1.73. The maximum absolute atomic E-state index is 6.66. The van der Waals surface area contributed by atoms with Gasteiger partial charge in [-0.2, -0.15) is 15.0 Å². The first-order valence-corrected chi connectivity index (χ1v) is 16.9. The van der Waals surface area contributed by atoms with Gasteiger partial charge in [-0.25, -0.2) is 4.98 Å². The highest BCUT2D eigenvalue weighted by Gasteiger charge is 2.25. The van der Waals surface area contributed by atoms with Gasteiger partial charge in [0.2, 0.25) is 5.95 Å². The van der Waals surface area contributed by atoms with Gasteiger partial charge in [0, 0.05) is 38.1 Å². The lowest BCUT2D eigenvalue weighted by molar-refractivity contribution is 0.574. The zero-order valence-electron chi connectivity index (χ0n) is 27.1. The van der Waals surface area contributed by atoms with Gasteiger partial charge in [0.05, 0.1) is 22.1 Å². The fourth-order valence-corrected chi connectivity index (χ4v) is 7.55. The Balaban J connectivity index is 1.30. The maximum atomic E-state index is 6.66. The first kappa shape index (κ1) is 27.8. The smallest absolute Gasteiger partial charge is 0.307 e. The summed E-state index contributed by atoms with van der Waals surface area (Å²) >= 11 is 0. The number of fused-ring (bicyclic) bond motifs is 10. The molecule has 11 rings (SSSR count). The van der Waals surface area contributed by atoms with Gasteiger partial charge in [0.1, 0.15) is 5.52 Å². The number of benzene rings is 7. The fraction of sp³-hybridized carbons (Fsp3) is 0. The van der Waals surface area contributed by atoms with Crippen molar-refractivity contribution in [2.45, 2.75) is 0 Å². The number of para-hydroxylation sites is 2. The normalized spacial score (nSPS) is 11.9. The Bertz CT molecular complexity index is 3080. The van der Waals surface area contributed by atoms with Crippen LogP contribution in [0.3, 0.4) is 0 Å². The number of nitrogens with zero attached hydrogens (tertiary/aromatic N) is 6. The number of rotatable bonds is 4. The molecule has 0 aliphatic heterocycles. The van der Waals surface area contributed by atoms with Crippen molar-refractivity contribution >= 4 is 65.5 Å². The minimum absolute atomic E-state index is 0.502. The molecule has 0 spiro atoms. The standard InChI is InChI=1S/C44H26N6O/c1-3-14-28(15-4-1)41-46-42(29-16-5-2-6-17-29)48-43(47-41)49-35-21-11-9-19-31(35)33-24-25-34-32-20-10-12-22-36(32)50(40(34)39(33)49)44-45-38-30-18-8-7-13-27(30)23-26-37(38)51-44/h1-26H. The third kappa shape index (κ3) is 4.12. The Morgan fingerprint density at radius 1 is 0.392 bits per heavy atom. The summed E-state index contributed by atoms with van der Waals surface area (Å²) in [5.41, 5.74) is 7.31. The molecule has 7 nitrogen and oxygen atoms in total. The summed E-state index contributed by atoms with van der Waals surface area (Å²) in [4.78, 5) is 20.6. The van der Waals surface area contributed by atoms with E-state index >= 15 is 0 Å². The molecule has 0 N–H and O–H groups in total. The largest absolute Gasteiger partial charge is 0.423 e. The van der Waals surface area contributed by atoms with E-state index in [9.17, 15) is 0 Å². The van der Waals surface area contributed by atoms with Crippen molar-refractivity contribution in [3.63, 3.8) is 0 Å². The molecule has 11 aromatic rings. The Kier molecular flexibility index (Phi) is 5.83. The summed E-state index contributed by atoms with van der Waals surface area (Å²) in [6.45, 7) is 0. The van der Waals surface area contributed by atoms with Crippen molar-refractivity contribution in [2.75, 3.05) is 0 Å². The van der Waals surface area contributed by atoms with Gasteiger partial charge in [0.15, 0.2) is 17.2 Å². The molecule has 0 fully saturated rings. The first-order chi connectivity index (χ1) is 25.3. The Hall–Kier alpha value is -7.12. The molecule has 7 aromatic carbocycles. The minimum atomic E-state index is 0.502. The van der Waals surface area contributed by atoms with Crippen LogP contribution in [-0.4, -0.2) is 29.1 Å². The van der Waals surface area contributed by atoms with Crippen molar-refractivity contribution in [1.82, 2.24) is 29.1 Å². The third-order valence-electron chi connectivity index (χ3n) is 9.82. The van der Waals surface area contributed by atoms with Crippen LogP contribution in [0.2, 0.25) is 0 Å². The Morgan fingerprint density at radius 2 is 0.922 bits per heavy atom. The Labute approximate surface area is 290 Å². The van der Waals surface area contributed by atoms with Gasteiger partial charge in [-0.15, -0.1) is 0 Å². The molecule has 0 saturated carbocycles. The molecular formula is C44H26N6O. The predicted molar refractivity (Wildman–Crippen MR) is 204 cm³/mol. The summed E-state index contributed by atoms with van der Waals surface area (Å²) in [6, 6.07) is 54.4. The average molecular weight is 655 g/mol. The number of aromatic nitrogens is 6. The molecule has 0 radical (unpaired) electrons. The summed E-state index contributed by atoms with van der Waals surface area (Å²) in [6.07, 6.45) is 0. The van der Waals surface area contributed by atoms with E-state index in [1.165, 1.54) is 0 Å². The second-order valence-electron chi connectivity index (χ2n) is 12.7. The number of oxazole rings is 1. The highest BCUT2D eigenvalue weighted by Crippen LogP contribution is 2.42. The van der Waals surface area contributed by atoms with Crippen molar-refractivity contribution in [1.29, 1.82) is 0 Å². The van der Waals surface area contributed by atoms with E-state index < -0.39 is 0 Å². The van der Waals surface area contributed by atoms with E-state index in [0.717, 1.165) is 76.6 Å². The van der Waals surface area contributed by atoms with Gasteiger partial charge in [-0.3, -0.25) is 9.13 Å². The molecule has 4 heterocycles. The molecular weight excluding hydrogens is 629 g/mol. The number of hydrogen-bond donors (Lipinski definition) is 0. The monoisotopic (exact) mass is 654 g/mol. The fourth-order valence-electron chi connectivity index (χ4n) is 7.55. The second kappa shape index (κ2) is 10.7. The lowest BCUT2D eigenvalue weighted by atomic mass is 10.1. The van der Waals surface area contributed by atoms with Crippen molar-refractivity contribution in [3.05, 3.63) is 158 Å². The topological polar surface area (TPSA) is 74.6 Å². The molecule has 4 aromatic heterocycles. The van der Waals surface area contributed by atoms with E-state index in [4.69, 9.17) is 24.4 Å². The summed E-state index contributed by atoms with van der Waals surface area (Å²) < 4.78 is 11.0. The van der Waals surface area contributed by atoms with Gasteiger partial charge in [-0.1, -0.05) is 140 Å². The van der Waals surface area contributed by atoms with Crippen LogP contribution in [0, 0.1) is 0 Å². The van der Waals surface area contributed by atoms with Crippen molar-refractivity contribution < 1.29 is 4.42 Å². The molecule has 0 amide bonds. The van der Waals surface area contributed by atoms with E-state index in [2.05, 4.69) is 88.0 Å². The summed E-state index contributed by atoms with van der Waals surface area (Å²) in [7, 11) is 0. The Morgan fingerprint density at radius 3 is 1.57 bits per heavy atom. The third-order valence-corrected chi connectivity index (χ3v) is 9.82. The molecule has 7 heteroatoms. The second-order valence-corrected chi connectivity index (χ2v) is 12.7. The van der Waals surface area contributed by atoms with Crippen LogP contribution in [0.15, 0.2) is 162 Å². The van der Waals surface area contributed by atoms with E-state index in [0.29, 0.717) is 23.6 Å². The zero-order chi connectivity index (χ0) is 33.5. The SMILES string of the molecule is c1ccc(-c2nc(-c3ccccc3)nc(-n3c4ccccc4c4ccc5c6ccccc6n(-c6nc7c(ccc8ccccc87)o6)c5c43)n2)cc1. The first-order valence-electron chi connectivity index (χ1n) is 16.9. The van der Waals surface area contributed by atoms with Crippen LogP contribution < -0.4 is 0 Å². The lowest BCUT2D eigenvalue weighted by Gasteiger charge is -2.12. The van der Waals surface area contributed by atoms with Crippen LogP contribution in [0.1, 0.15) is 0 Å². The molecule has 0 aliphatic rings. The number of hydrogen-bond acceptors (Lipinski definition) is 5. The molecule has 238 valence electrons. The highest BCUT2D eigenvalue weighted by molar-refractivity contribution is 6.23. The lowest BCUT2D eigenvalue weighted by Crippen LogP contribution is -2.07. The predicted octanol–water partition coefficient (Wildman–Crippen LogP) is 10.7. The highest BCUT2D eigenvalue weighted by atomic mass is 16.4. The molecule has 51 heavy (non-hydrogen) atoms. The van der Waals surface area contributed by atoms with Crippen molar-refractivity contribution in [3.8, 4) is 34.7 Å². The van der Waals surface area contributed by atoms with Gasteiger partial charge in [0.25, 0.3) is 0 Å².